The molecule has 5 aromatic rings. The lowest BCUT2D eigenvalue weighted by Gasteiger charge is -2.23. The number of anilines is 1. The minimum atomic E-state index is -0.279. The summed E-state index contributed by atoms with van der Waals surface area (Å²) in [4.78, 5) is 1.74. The molecule has 2 heteroatoms. The maximum absolute atomic E-state index is 16.1. The Balaban J connectivity index is 1.68. The second-order valence-corrected chi connectivity index (χ2v) is 8.11. The number of benzene rings is 5. The second kappa shape index (κ2) is 8.68. The standard InChI is InChI=1S/C30H24FN/c1-22-15-17-26(18-16-22)32(21-23-9-3-2-4-10-23)30(31)20-29-27-13-7-5-11-24(27)19-25-12-6-8-14-28(25)29/h2-20H,21H2,1H3/b30-20-. The Morgan fingerprint density at radius 1 is 0.719 bits per heavy atom. The van der Waals surface area contributed by atoms with Crippen LogP contribution in [0.5, 0.6) is 0 Å². The first-order chi connectivity index (χ1) is 15.7. The molecule has 0 aliphatic carbocycles. The lowest BCUT2D eigenvalue weighted by atomic mass is 9.96. The molecule has 0 aromatic heterocycles. The molecule has 0 aliphatic heterocycles. The van der Waals surface area contributed by atoms with Gasteiger partial charge in [0.2, 0.25) is 0 Å². The Labute approximate surface area is 188 Å². The summed E-state index contributed by atoms with van der Waals surface area (Å²) in [6.45, 7) is 2.49. The monoisotopic (exact) mass is 417 g/mol. The van der Waals surface area contributed by atoms with Gasteiger partial charge in [0, 0.05) is 5.69 Å². The smallest absolute Gasteiger partial charge is 0.195 e. The summed E-state index contributed by atoms with van der Waals surface area (Å²) < 4.78 is 16.1. The highest BCUT2D eigenvalue weighted by molar-refractivity contribution is 6.06. The summed E-state index contributed by atoms with van der Waals surface area (Å²) >= 11 is 0. The molecular formula is C30H24FN. The van der Waals surface area contributed by atoms with Crippen LogP contribution in [0.1, 0.15) is 16.7 Å². The third kappa shape index (κ3) is 4.00. The summed E-state index contributed by atoms with van der Waals surface area (Å²) in [6, 6.07) is 36.5. The molecule has 5 rings (SSSR count). The zero-order chi connectivity index (χ0) is 21.9. The van der Waals surface area contributed by atoms with Gasteiger partial charge in [-0.1, -0.05) is 96.6 Å². The van der Waals surface area contributed by atoms with E-state index in [2.05, 4.69) is 30.3 Å². The van der Waals surface area contributed by atoms with Crippen LogP contribution in [0.4, 0.5) is 10.1 Å². The average molecular weight is 418 g/mol. The topological polar surface area (TPSA) is 3.24 Å². The number of halogens is 1. The zero-order valence-corrected chi connectivity index (χ0v) is 18.0. The van der Waals surface area contributed by atoms with E-state index in [1.807, 2.05) is 85.8 Å². The fourth-order valence-corrected chi connectivity index (χ4v) is 4.18. The Hall–Kier alpha value is -3.91. The summed E-state index contributed by atoms with van der Waals surface area (Å²) in [5.41, 5.74) is 3.94. The highest BCUT2D eigenvalue weighted by Crippen LogP contribution is 2.32. The summed E-state index contributed by atoms with van der Waals surface area (Å²) in [7, 11) is 0. The van der Waals surface area contributed by atoms with Crippen LogP contribution in [0.25, 0.3) is 27.6 Å². The Morgan fingerprint density at radius 2 is 1.28 bits per heavy atom. The van der Waals surface area contributed by atoms with Crippen molar-refractivity contribution < 1.29 is 4.39 Å². The molecule has 0 aliphatic rings. The van der Waals surface area contributed by atoms with Crippen LogP contribution in [0.3, 0.4) is 0 Å². The van der Waals surface area contributed by atoms with Gasteiger partial charge in [0.25, 0.3) is 0 Å². The molecule has 0 unspecified atom stereocenters. The van der Waals surface area contributed by atoms with Gasteiger partial charge < -0.3 is 4.90 Å². The van der Waals surface area contributed by atoms with E-state index in [1.54, 1.807) is 11.0 Å². The number of nitrogens with zero attached hydrogens (tertiary/aromatic N) is 1. The second-order valence-electron chi connectivity index (χ2n) is 8.11. The fourth-order valence-electron chi connectivity index (χ4n) is 4.18. The van der Waals surface area contributed by atoms with Crippen molar-refractivity contribution in [2.24, 2.45) is 0 Å². The molecule has 0 heterocycles. The average Bonchev–Trinajstić information content (AvgIpc) is 2.83. The van der Waals surface area contributed by atoms with Crippen LogP contribution in [0, 0.1) is 6.92 Å². The molecule has 0 radical (unpaired) electrons. The van der Waals surface area contributed by atoms with Gasteiger partial charge in [-0.2, -0.15) is 4.39 Å². The molecule has 0 spiro atoms. The molecule has 0 amide bonds. The highest BCUT2D eigenvalue weighted by Gasteiger charge is 2.15. The van der Waals surface area contributed by atoms with Gasteiger partial charge in [-0.25, -0.2) is 0 Å². The van der Waals surface area contributed by atoms with E-state index in [0.717, 1.165) is 43.9 Å². The number of aryl methyl sites for hydroxylation is 1. The fraction of sp³-hybridized carbons (Fsp3) is 0.0667. The van der Waals surface area contributed by atoms with E-state index in [0.29, 0.717) is 6.54 Å². The van der Waals surface area contributed by atoms with E-state index in [4.69, 9.17) is 0 Å². The van der Waals surface area contributed by atoms with E-state index < -0.39 is 0 Å². The van der Waals surface area contributed by atoms with Gasteiger partial charge in [0.05, 0.1) is 6.54 Å². The first kappa shape index (κ1) is 20.0. The molecule has 0 N–H and O–H groups in total. The number of hydrogen-bond acceptors (Lipinski definition) is 1. The molecule has 0 fully saturated rings. The predicted molar refractivity (Wildman–Crippen MR) is 134 cm³/mol. The van der Waals surface area contributed by atoms with Crippen LogP contribution in [0.2, 0.25) is 0 Å². The van der Waals surface area contributed by atoms with E-state index in [1.165, 1.54) is 0 Å². The molecular weight excluding hydrogens is 393 g/mol. The van der Waals surface area contributed by atoms with Crippen LogP contribution < -0.4 is 4.90 Å². The number of rotatable bonds is 5. The van der Waals surface area contributed by atoms with Crippen molar-refractivity contribution in [3.8, 4) is 0 Å². The molecule has 0 bridgehead atoms. The molecule has 156 valence electrons. The number of hydrogen-bond donors (Lipinski definition) is 0. The minimum absolute atomic E-state index is 0.279. The lowest BCUT2D eigenvalue weighted by molar-refractivity contribution is 0.593. The van der Waals surface area contributed by atoms with E-state index in [9.17, 15) is 0 Å². The van der Waals surface area contributed by atoms with Crippen LogP contribution in [0.15, 0.2) is 115 Å². The van der Waals surface area contributed by atoms with Gasteiger partial charge in [0.15, 0.2) is 5.95 Å². The van der Waals surface area contributed by atoms with E-state index in [-0.39, 0.29) is 5.95 Å². The normalized spacial score (nSPS) is 11.8. The van der Waals surface area contributed by atoms with E-state index >= 15 is 4.39 Å². The first-order valence-electron chi connectivity index (χ1n) is 10.8. The Bertz CT molecular complexity index is 1350. The van der Waals surface area contributed by atoms with Crippen LogP contribution >= 0.6 is 0 Å². The largest absolute Gasteiger partial charge is 0.314 e. The minimum Gasteiger partial charge on any atom is -0.314 e. The SMILES string of the molecule is Cc1ccc(N(Cc2ccccc2)/C(F)=C\c2c3ccccc3cc3ccccc23)cc1. The van der Waals surface area contributed by atoms with Crippen molar-refractivity contribution in [1.29, 1.82) is 0 Å². The molecule has 0 saturated heterocycles. The molecule has 5 aromatic carbocycles. The number of fused-ring (bicyclic) bond motifs is 2. The van der Waals surface area contributed by atoms with Gasteiger partial charge in [0.1, 0.15) is 0 Å². The molecule has 1 nitrogen and oxygen atoms in total. The van der Waals surface area contributed by atoms with Crippen molar-refractivity contribution in [2.75, 3.05) is 4.90 Å². The summed E-state index contributed by atoms with van der Waals surface area (Å²) in [5.74, 6) is -0.279. The zero-order valence-electron chi connectivity index (χ0n) is 18.0. The van der Waals surface area contributed by atoms with Crippen molar-refractivity contribution in [3.05, 3.63) is 132 Å². The highest BCUT2D eigenvalue weighted by atomic mass is 19.1. The first-order valence-corrected chi connectivity index (χ1v) is 10.8. The molecule has 0 atom stereocenters. The van der Waals surface area contributed by atoms with Crippen molar-refractivity contribution in [1.82, 2.24) is 0 Å². The predicted octanol–water partition coefficient (Wildman–Crippen LogP) is 8.28. The third-order valence-corrected chi connectivity index (χ3v) is 5.86. The van der Waals surface area contributed by atoms with Crippen molar-refractivity contribution in [2.45, 2.75) is 13.5 Å². The Morgan fingerprint density at radius 3 is 1.91 bits per heavy atom. The lowest BCUT2D eigenvalue weighted by Crippen LogP contribution is -2.19. The van der Waals surface area contributed by atoms with Gasteiger partial charge >= 0.3 is 0 Å². The van der Waals surface area contributed by atoms with Crippen LogP contribution in [-0.4, -0.2) is 0 Å². The third-order valence-electron chi connectivity index (χ3n) is 5.86. The maximum atomic E-state index is 16.1. The van der Waals surface area contributed by atoms with Crippen molar-refractivity contribution in [3.63, 3.8) is 0 Å². The van der Waals surface area contributed by atoms with Gasteiger partial charge in [-0.05, 0) is 63.9 Å². The summed E-state index contributed by atoms with van der Waals surface area (Å²) in [6.07, 6.45) is 1.69. The van der Waals surface area contributed by atoms with Gasteiger partial charge in [-0.3, -0.25) is 0 Å². The maximum Gasteiger partial charge on any atom is 0.195 e. The molecule has 32 heavy (non-hydrogen) atoms. The summed E-state index contributed by atoms with van der Waals surface area (Å²) in [5, 5.41) is 4.31. The molecule has 0 saturated carbocycles. The van der Waals surface area contributed by atoms with Gasteiger partial charge in [-0.15, -0.1) is 0 Å². The Kier molecular flexibility index (Phi) is 5.43. The van der Waals surface area contributed by atoms with Crippen molar-refractivity contribution >= 4 is 33.3 Å². The quantitative estimate of drug-likeness (QED) is 0.205. The van der Waals surface area contributed by atoms with Crippen LogP contribution in [-0.2, 0) is 6.54 Å².